The highest BCUT2D eigenvalue weighted by Crippen LogP contribution is 2.32. The first-order valence-electron chi connectivity index (χ1n) is 8.61. The van der Waals surface area contributed by atoms with E-state index in [0.717, 1.165) is 23.3 Å². The second-order valence-corrected chi connectivity index (χ2v) is 6.43. The summed E-state index contributed by atoms with van der Waals surface area (Å²) in [7, 11) is 0. The molecule has 0 fully saturated rings. The van der Waals surface area contributed by atoms with Crippen LogP contribution in [-0.4, -0.2) is 5.11 Å². The molecule has 0 bridgehead atoms. The smallest absolute Gasteiger partial charge is 0.384 e. The third kappa shape index (κ3) is 5.63. The molecule has 27 heavy (non-hydrogen) atoms. The van der Waals surface area contributed by atoms with Gasteiger partial charge in [0.15, 0.2) is 0 Å². The van der Waals surface area contributed by atoms with E-state index in [9.17, 15) is 18.3 Å². The number of halogens is 4. The highest BCUT2D eigenvalue weighted by Gasteiger charge is 2.30. The highest BCUT2D eigenvalue weighted by atomic mass is 35.5. The topological polar surface area (TPSA) is 20.2 Å². The molecule has 2 rings (SSSR count). The summed E-state index contributed by atoms with van der Waals surface area (Å²) in [4.78, 5) is 0. The largest absolute Gasteiger partial charge is 0.416 e. The van der Waals surface area contributed by atoms with Crippen molar-refractivity contribution >= 4 is 11.6 Å². The van der Waals surface area contributed by atoms with E-state index in [2.05, 4.69) is 11.8 Å². The zero-order chi connectivity index (χ0) is 20.0. The second-order valence-electron chi connectivity index (χ2n) is 5.99. The van der Waals surface area contributed by atoms with Crippen LogP contribution in [0.15, 0.2) is 59.7 Å². The molecule has 1 nitrogen and oxygen atoms in total. The fourth-order valence-corrected chi connectivity index (χ4v) is 2.83. The lowest BCUT2D eigenvalue weighted by molar-refractivity contribution is -0.137. The molecule has 0 saturated heterocycles. The Labute approximate surface area is 162 Å². The summed E-state index contributed by atoms with van der Waals surface area (Å²) in [6.45, 7) is 3.82. The minimum atomic E-state index is -4.40. The number of hydrogen-bond acceptors (Lipinski definition) is 1. The lowest BCUT2D eigenvalue weighted by Crippen LogP contribution is -2.07. The van der Waals surface area contributed by atoms with E-state index >= 15 is 0 Å². The minimum absolute atomic E-state index is 0.416. The molecule has 1 N–H and O–H groups in total. The van der Waals surface area contributed by atoms with E-state index in [0.29, 0.717) is 29.0 Å². The van der Waals surface area contributed by atoms with Crippen LogP contribution in [0, 0.1) is 11.8 Å². The summed E-state index contributed by atoms with van der Waals surface area (Å²) >= 11 is 5.86. The van der Waals surface area contributed by atoms with Crippen LogP contribution >= 0.6 is 11.6 Å². The van der Waals surface area contributed by atoms with Gasteiger partial charge >= 0.3 is 6.18 Å². The third-order valence-corrected chi connectivity index (χ3v) is 4.46. The average molecular weight is 393 g/mol. The first-order chi connectivity index (χ1) is 12.8. The molecule has 1 atom stereocenters. The van der Waals surface area contributed by atoms with Gasteiger partial charge < -0.3 is 5.11 Å². The molecular weight excluding hydrogens is 373 g/mol. The fourth-order valence-electron chi connectivity index (χ4n) is 2.70. The quantitative estimate of drug-likeness (QED) is 0.584. The van der Waals surface area contributed by atoms with Crippen LogP contribution in [-0.2, 0) is 6.18 Å². The van der Waals surface area contributed by atoms with E-state index in [-0.39, 0.29) is 0 Å². The first kappa shape index (κ1) is 21.1. The van der Waals surface area contributed by atoms with Gasteiger partial charge in [-0.1, -0.05) is 49.4 Å². The predicted molar refractivity (Wildman–Crippen MR) is 102 cm³/mol. The summed E-state index contributed by atoms with van der Waals surface area (Å²) < 4.78 is 38.1. The normalized spacial score (nSPS) is 13.4. The maximum atomic E-state index is 12.7. The number of hydrogen-bond donors (Lipinski definition) is 1. The van der Waals surface area contributed by atoms with Gasteiger partial charge in [0.2, 0.25) is 0 Å². The second kappa shape index (κ2) is 9.12. The van der Waals surface area contributed by atoms with Crippen LogP contribution in [0.5, 0.6) is 0 Å². The monoisotopic (exact) mass is 392 g/mol. The number of allylic oxidation sites excluding steroid dienone is 1. The van der Waals surface area contributed by atoms with Crippen molar-refractivity contribution in [2.45, 2.75) is 39.0 Å². The molecule has 0 aliphatic heterocycles. The van der Waals surface area contributed by atoms with Crippen LogP contribution < -0.4 is 0 Å². The maximum Gasteiger partial charge on any atom is 0.416 e. The van der Waals surface area contributed by atoms with Crippen molar-refractivity contribution in [1.82, 2.24) is 0 Å². The first-order valence-corrected chi connectivity index (χ1v) is 8.98. The molecular formula is C22H20ClF3O. The van der Waals surface area contributed by atoms with Gasteiger partial charge in [0.25, 0.3) is 0 Å². The third-order valence-electron chi connectivity index (χ3n) is 4.21. The summed E-state index contributed by atoms with van der Waals surface area (Å²) in [5, 5.41) is 11.3. The number of rotatable bonds is 4. The van der Waals surface area contributed by atoms with Gasteiger partial charge in [0.1, 0.15) is 6.10 Å². The van der Waals surface area contributed by atoms with Gasteiger partial charge in [-0.05, 0) is 60.4 Å². The van der Waals surface area contributed by atoms with E-state index in [4.69, 9.17) is 11.6 Å². The van der Waals surface area contributed by atoms with Gasteiger partial charge in [0, 0.05) is 16.2 Å². The van der Waals surface area contributed by atoms with Gasteiger partial charge in [-0.15, -0.1) is 0 Å². The Morgan fingerprint density at radius 2 is 1.59 bits per heavy atom. The van der Waals surface area contributed by atoms with Gasteiger partial charge in [-0.3, -0.25) is 0 Å². The minimum Gasteiger partial charge on any atom is -0.384 e. The fraction of sp³-hybridized carbons (Fsp3) is 0.273. The van der Waals surface area contributed by atoms with Crippen LogP contribution in [0.4, 0.5) is 13.2 Å². The Bertz CT molecular complexity index is 854. The Hall–Kier alpha value is -2.22. The van der Waals surface area contributed by atoms with Crippen molar-refractivity contribution in [2.75, 3.05) is 0 Å². The summed E-state index contributed by atoms with van der Waals surface area (Å²) in [6, 6.07) is 11.7. The summed E-state index contributed by atoms with van der Waals surface area (Å²) in [5.74, 6) is 6.14. The van der Waals surface area contributed by atoms with E-state index in [1.165, 1.54) is 12.1 Å². The van der Waals surface area contributed by atoms with Crippen molar-refractivity contribution in [3.63, 3.8) is 0 Å². The Kier molecular flexibility index (Phi) is 7.12. The number of aliphatic hydroxyl groups excluding tert-OH is 1. The zero-order valence-electron chi connectivity index (χ0n) is 15.1. The summed E-state index contributed by atoms with van der Waals surface area (Å²) in [6.07, 6.45) is -4.24. The molecule has 2 aromatic carbocycles. The molecule has 0 amide bonds. The van der Waals surface area contributed by atoms with Crippen molar-refractivity contribution in [1.29, 1.82) is 0 Å². The Balaban J connectivity index is 2.34. The molecule has 2 aromatic rings. The number of alkyl halides is 3. The van der Waals surface area contributed by atoms with Crippen LogP contribution in [0.25, 0.3) is 0 Å². The molecule has 0 heterocycles. The van der Waals surface area contributed by atoms with Crippen molar-refractivity contribution in [3.8, 4) is 11.8 Å². The molecule has 1 unspecified atom stereocenters. The summed E-state index contributed by atoms with van der Waals surface area (Å²) in [5.41, 5.74) is 1.96. The molecule has 0 radical (unpaired) electrons. The van der Waals surface area contributed by atoms with Gasteiger partial charge in [0.05, 0.1) is 5.56 Å². The Morgan fingerprint density at radius 1 is 1.00 bits per heavy atom. The lowest BCUT2D eigenvalue weighted by atomic mass is 9.93. The molecule has 0 aromatic heterocycles. The Morgan fingerprint density at radius 3 is 2.07 bits per heavy atom. The molecule has 0 saturated carbocycles. The van der Waals surface area contributed by atoms with Crippen molar-refractivity contribution in [3.05, 3.63) is 81.4 Å². The lowest BCUT2D eigenvalue weighted by Gasteiger charge is -2.17. The molecule has 0 aliphatic carbocycles. The van der Waals surface area contributed by atoms with E-state index in [1.807, 2.05) is 13.8 Å². The van der Waals surface area contributed by atoms with Gasteiger partial charge in [-0.2, -0.15) is 13.2 Å². The average Bonchev–Trinajstić information content (AvgIpc) is 2.65. The van der Waals surface area contributed by atoms with Crippen molar-refractivity contribution in [2.24, 2.45) is 0 Å². The number of benzene rings is 2. The van der Waals surface area contributed by atoms with Crippen LogP contribution in [0.3, 0.4) is 0 Å². The molecule has 0 aliphatic rings. The molecule has 5 heteroatoms. The maximum absolute atomic E-state index is 12.7. The molecule has 142 valence electrons. The van der Waals surface area contributed by atoms with Crippen LogP contribution in [0.1, 0.15) is 49.5 Å². The standard InChI is InChI=1S/C22H20ClF3O/c1-3-16(8-5-15-6-13-19(23)14-7-15)20(4-2)21(27)17-9-11-18(12-10-17)22(24,25)26/h6-7,9-14,21,27H,3-4H2,1-2H3/b20-16-. The van der Waals surface area contributed by atoms with Crippen LogP contribution in [0.2, 0.25) is 5.02 Å². The SMILES string of the molecule is CC/C(C#Cc1ccc(Cl)cc1)=C(\CC)C(O)c1ccc(C(F)(F)F)cc1. The highest BCUT2D eigenvalue weighted by molar-refractivity contribution is 6.30. The van der Waals surface area contributed by atoms with Crippen molar-refractivity contribution < 1.29 is 18.3 Å². The number of aliphatic hydroxyl groups is 1. The van der Waals surface area contributed by atoms with Gasteiger partial charge in [-0.25, -0.2) is 0 Å². The molecule has 0 spiro atoms. The predicted octanol–water partition coefficient (Wildman–Crippen LogP) is 6.56. The zero-order valence-corrected chi connectivity index (χ0v) is 15.8. The van der Waals surface area contributed by atoms with E-state index < -0.39 is 17.8 Å². The van der Waals surface area contributed by atoms with E-state index in [1.54, 1.807) is 24.3 Å².